The standard InChI is InChI=1S/C16H33N3O/c1-5-8-17-16(12-20)7-6-15(9-16)19-10-13(2)18(4)14(3)11-19/h13-15,17,20H,5-12H2,1-4H3. The van der Waals surface area contributed by atoms with Gasteiger partial charge in [-0.25, -0.2) is 0 Å². The van der Waals surface area contributed by atoms with Gasteiger partial charge in [0.25, 0.3) is 0 Å². The van der Waals surface area contributed by atoms with Gasteiger partial charge in [-0.3, -0.25) is 9.80 Å². The van der Waals surface area contributed by atoms with Crippen molar-refractivity contribution >= 4 is 0 Å². The molecule has 4 atom stereocenters. The molecule has 118 valence electrons. The Kier molecular flexibility index (Phi) is 5.46. The average molecular weight is 283 g/mol. The second-order valence-electron chi connectivity index (χ2n) is 7.08. The van der Waals surface area contributed by atoms with E-state index in [1.807, 2.05) is 0 Å². The van der Waals surface area contributed by atoms with Crippen LogP contribution in [0.15, 0.2) is 0 Å². The monoisotopic (exact) mass is 283 g/mol. The lowest BCUT2D eigenvalue weighted by atomic mass is 9.97. The zero-order chi connectivity index (χ0) is 14.8. The van der Waals surface area contributed by atoms with E-state index in [9.17, 15) is 5.11 Å². The zero-order valence-corrected chi connectivity index (χ0v) is 13.7. The molecule has 2 rings (SSSR count). The second-order valence-corrected chi connectivity index (χ2v) is 7.08. The summed E-state index contributed by atoms with van der Waals surface area (Å²) in [5.74, 6) is 0. The molecule has 1 saturated carbocycles. The van der Waals surface area contributed by atoms with Crippen molar-refractivity contribution in [2.75, 3.05) is 33.3 Å². The highest BCUT2D eigenvalue weighted by Gasteiger charge is 2.42. The molecule has 1 heterocycles. The predicted octanol–water partition coefficient (Wildman–Crippen LogP) is 1.29. The third kappa shape index (κ3) is 3.35. The van der Waals surface area contributed by atoms with Gasteiger partial charge < -0.3 is 10.4 Å². The first kappa shape index (κ1) is 16.2. The molecule has 0 spiro atoms. The predicted molar refractivity (Wildman–Crippen MR) is 84.0 cm³/mol. The van der Waals surface area contributed by atoms with Gasteiger partial charge in [-0.15, -0.1) is 0 Å². The first-order valence-electron chi connectivity index (χ1n) is 8.33. The highest BCUT2D eigenvalue weighted by atomic mass is 16.3. The first-order chi connectivity index (χ1) is 9.51. The number of rotatable bonds is 5. The molecule has 2 fully saturated rings. The number of aliphatic hydroxyl groups is 1. The number of hydrogen-bond donors (Lipinski definition) is 2. The van der Waals surface area contributed by atoms with Crippen LogP contribution in [0.25, 0.3) is 0 Å². The van der Waals surface area contributed by atoms with Gasteiger partial charge in [0.15, 0.2) is 0 Å². The maximum atomic E-state index is 9.82. The molecule has 4 heteroatoms. The quantitative estimate of drug-likeness (QED) is 0.797. The maximum absolute atomic E-state index is 9.82. The van der Waals surface area contributed by atoms with Crippen molar-refractivity contribution in [1.29, 1.82) is 0 Å². The molecule has 0 aromatic carbocycles. The van der Waals surface area contributed by atoms with Crippen molar-refractivity contribution in [3.63, 3.8) is 0 Å². The summed E-state index contributed by atoms with van der Waals surface area (Å²) >= 11 is 0. The summed E-state index contributed by atoms with van der Waals surface area (Å²) in [6, 6.07) is 1.91. The summed E-state index contributed by atoms with van der Waals surface area (Å²) in [6.07, 6.45) is 4.57. The van der Waals surface area contributed by atoms with Crippen LogP contribution in [0.5, 0.6) is 0 Å². The Morgan fingerprint density at radius 2 is 1.90 bits per heavy atom. The highest BCUT2D eigenvalue weighted by molar-refractivity contribution is 5.01. The van der Waals surface area contributed by atoms with Gasteiger partial charge in [0.05, 0.1) is 6.61 Å². The van der Waals surface area contributed by atoms with E-state index in [4.69, 9.17) is 0 Å². The number of nitrogens with zero attached hydrogens (tertiary/aromatic N) is 2. The molecule has 0 bridgehead atoms. The molecular formula is C16H33N3O. The molecule has 4 nitrogen and oxygen atoms in total. The topological polar surface area (TPSA) is 38.7 Å². The molecule has 1 aliphatic heterocycles. The van der Waals surface area contributed by atoms with Crippen LogP contribution < -0.4 is 5.32 Å². The molecule has 1 aliphatic carbocycles. The van der Waals surface area contributed by atoms with Gasteiger partial charge in [-0.2, -0.15) is 0 Å². The van der Waals surface area contributed by atoms with Crippen LogP contribution >= 0.6 is 0 Å². The summed E-state index contributed by atoms with van der Waals surface area (Å²) in [5.41, 5.74) is -0.0174. The fourth-order valence-corrected chi connectivity index (χ4v) is 3.90. The van der Waals surface area contributed by atoms with Crippen molar-refractivity contribution in [2.24, 2.45) is 0 Å². The molecule has 0 radical (unpaired) electrons. The van der Waals surface area contributed by atoms with Gasteiger partial charge in [-0.1, -0.05) is 6.92 Å². The lowest BCUT2D eigenvalue weighted by molar-refractivity contribution is 0.0313. The molecule has 0 amide bonds. The number of nitrogens with one attached hydrogen (secondary N) is 1. The minimum atomic E-state index is -0.0174. The van der Waals surface area contributed by atoms with Gasteiger partial charge >= 0.3 is 0 Å². The van der Waals surface area contributed by atoms with Gasteiger partial charge in [0.1, 0.15) is 0 Å². The lowest BCUT2D eigenvalue weighted by Crippen LogP contribution is -2.57. The summed E-state index contributed by atoms with van der Waals surface area (Å²) in [4.78, 5) is 5.15. The van der Waals surface area contributed by atoms with Crippen LogP contribution in [0.3, 0.4) is 0 Å². The molecule has 2 N–H and O–H groups in total. The Morgan fingerprint density at radius 3 is 2.45 bits per heavy atom. The van der Waals surface area contributed by atoms with Crippen molar-refractivity contribution < 1.29 is 5.11 Å². The van der Waals surface area contributed by atoms with Crippen molar-refractivity contribution in [3.05, 3.63) is 0 Å². The maximum Gasteiger partial charge on any atom is 0.0613 e. The number of piperazine rings is 1. The molecule has 20 heavy (non-hydrogen) atoms. The Bertz CT molecular complexity index is 300. The Balaban J connectivity index is 1.94. The van der Waals surface area contributed by atoms with Crippen molar-refractivity contribution in [3.8, 4) is 0 Å². The zero-order valence-electron chi connectivity index (χ0n) is 13.7. The van der Waals surface area contributed by atoms with Crippen LogP contribution in [-0.4, -0.2) is 71.9 Å². The van der Waals surface area contributed by atoms with E-state index in [0.29, 0.717) is 18.1 Å². The van der Waals surface area contributed by atoms with E-state index in [1.165, 1.54) is 19.5 Å². The molecular weight excluding hydrogens is 250 g/mol. The van der Waals surface area contributed by atoms with Crippen LogP contribution in [0.4, 0.5) is 0 Å². The summed E-state index contributed by atoms with van der Waals surface area (Å²) < 4.78 is 0. The summed E-state index contributed by atoms with van der Waals surface area (Å²) in [6.45, 7) is 10.5. The van der Waals surface area contributed by atoms with Gasteiger partial charge in [0.2, 0.25) is 0 Å². The SMILES string of the molecule is CCCNC1(CO)CCC(N2CC(C)N(C)C(C)C2)C1. The van der Waals surface area contributed by atoms with Crippen LogP contribution in [0, 0.1) is 0 Å². The van der Waals surface area contributed by atoms with Crippen LogP contribution in [0.2, 0.25) is 0 Å². The van der Waals surface area contributed by atoms with Crippen molar-refractivity contribution in [1.82, 2.24) is 15.1 Å². The van der Waals surface area contributed by atoms with E-state index in [0.717, 1.165) is 25.8 Å². The normalized spacial score (nSPS) is 40.4. The number of likely N-dealkylation sites (N-methyl/N-ethyl adjacent to an activating group) is 1. The molecule has 4 unspecified atom stereocenters. The van der Waals surface area contributed by atoms with E-state index >= 15 is 0 Å². The largest absolute Gasteiger partial charge is 0.394 e. The fourth-order valence-electron chi connectivity index (χ4n) is 3.90. The van der Waals surface area contributed by atoms with E-state index in [-0.39, 0.29) is 12.1 Å². The van der Waals surface area contributed by atoms with E-state index < -0.39 is 0 Å². The van der Waals surface area contributed by atoms with Crippen LogP contribution in [0.1, 0.15) is 46.5 Å². The first-order valence-corrected chi connectivity index (χ1v) is 8.33. The lowest BCUT2D eigenvalue weighted by Gasteiger charge is -2.45. The van der Waals surface area contributed by atoms with Crippen molar-refractivity contribution in [2.45, 2.75) is 70.1 Å². The summed E-state index contributed by atoms with van der Waals surface area (Å²) in [7, 11) is 2.24. The minimum absolute atomic E-state index is 0.0174. The third-order valence-corrected chi connectivity index (χ3v) is 5.54. The van der Waals surface area contributed by atoms with Gasteiger partial charge in [0, 0.05) is 36.8 Å². The molecule has 1 saturated heterocycles. The number of hydrogen-bond acceptors (Lipinski definition) is 4. The smallest absolute Gasteiger partial charge is 0.0613 e. The fraction of sp³-hybridized carbons (Fsp3) is 1.00. The van der Waals surface area contributed by atoms with Gasteiger partial charge in [-0.05, 0) is 53.1 Å². The second kappa shape index (κ2) is 6.73. The molecule has 0 aromatic rings. The highest BCUT2D eigenvalue weighted by Crippen LogP contribution is 2.34. The molecule has 0 aromatic heterocycles. The third-order valence-electron chi connectivity index (χ3n) is 5.54. The van der Waals surface area contributed by atoms with Crippen LogP contribution in [-0.2, 0) is 0 Å². The Morgan fingerprint density at radius 1 is 1.25 bits per heavy atom. The Hall–Kier alpha value is -0.160. The minimum Gasteiger partial charge on any atom is -0.394 e. The van der Waals surface area contributed by atoms with E-state index in [2.05, 4.69) is 42.9 Å². The Labute approximate surface area is 124 Å². The average Bonchev–Trinajstić information content (AvgIpc) is 2.87. The summed E-state index contributed by atoms with van der Waals surface area (Å²) in [5, 5.41) is 13.4. The molecule has 2 aliphatic rings. The van der Waals surface area contributed by atoms with E-state index in [1.54, 1.807) is 0 Å². The number of aliphatic hydroxyl groups excluding tert-OH is 1.